The van der Waals surface area contributed by atoms with E-state index >= 15 is 0 Å². The van der Waals surface area contributed by atoms with Gasteiger partial charge in [-0.25, -0.2) is 4.98 Å². The summed E-state index contributed by atoms with van der Waals surface area (Å²) >= 11 is 0. The molecule has 2 atom stereocenters. The van der Waals surface area contributed by atoms with Crippen LogP contribution in [0.5, 0.6) is 0 Å². The summed E-state index contributed by atoms with van der Waals surface area (Å²) in [7, 11) is 2.16. The van der Waals surface area contributed by atoms with Crippen LogP contribution in [0.4, 0.5) is 0 Å². The van der Waals surface area contributed by atoms with Gasteiger partial charge in [0.15, 0.2) is 0 Å². The lowest BCUT2D eigenvalue weighted by Crippen LogP contribution is -2.42. The van der Waals surface area contributed by atoms with Gasteiger partial charge in [0.05, 0.1) is 24.3 Å². The number of hydrogen-bond acceptors (Lipinski definition) is 3. The van der Waals surface area contributed by atoms with Gasteiger partial charge in [-0.05, 0) is 51.4 Å². The molecule has 2 unspecified atom stereocenters. The van der Waals surface area contributed by atoms with Crippen LogP contribution in [-0.4, -0.2) is 40.4 Å². The second-order valence-electron chi connectivity index (χ2n) is 7.81. The third-order valence-corrected chi connectivity index (χ3v) is 6.64. The second kappa shape index (κ2) is 5.03. The monoisotopic (exact) mass is 321 g/mol. The van der Waals surface area contributed by atoms with Gasteiger partial charge >= 0.3 is 0 Å². The fourth-order valence-electron chi connectivity index (χ4n) is 5.21. The summed E-state index contributed by atoms with van der Waals surface area (Å²) in [6.07, 6.45) is 7.98. The van der Waals surface area contributed by atoms with Crippen molar-refractivity contribution in [2.24, 2.45) is 11.3 Å². The minimum atomic E-state index is -0.0601. The van der Waals surface area contributed by atoms with E-state index in [1.807, 2.05) is 12.5 Å². The molecule has 1 aliphatic carbocycles. The zero-order valence-electron chi connectivity index (χ0n) is 14.1. The Morgan fingerprint density at radius 1 is 1.17 bits per heavy atom. The molecule has 0 radical (unpaired) electrons. The van der Waals surface area contributed by atoms with Gasteiger partial charge in [0.2, 0.25) is 0 Å². The number of fused-ring (bicyclic) bond motifs is 3. The Labute approximate surface area is 142 Å². The number of imidazole rings is 1. The van der Waals surface area contributed by atoms with E-state index in [0.29, 0.717) is 5.78 Å². The predicted molar refractivity (Wildman–Crippen MR) is 92.7 cm³/mol. The van der Waals surface area contributed by atoms with Crippen LogP contribution < -0.4 is 0 Å². The van der Waals surface area contributed by atoms with E-state index in [2.05, 4.69) is 45.8 Å². The summed E-state index contributed by atoms with van der Waals surface area (Å²) in [6, 6.07) is 8.67. The normalized spacial score (nSPS) is 28.3. The number of ketones is 1. The number of Topliss-reactive ketones (excluding diaryl/α,β-unsaturated/α-hetero) is 1. The number of hydrogen-bond donors (Lipinski definition) is 0. The number of aromatic nitrogens is 2. The molecule has 24 heavy (non-hydrogen) atoms. The lowest BCUT2D eigenvalue weighted by atomic mass is 9.74. The molecule has 0 N–H and O–H groups in total. The maximum atomic E-state index is 13.5. The molecule has 3 heterocycles. The molecule has 5 rings (SSSR count). The number of likely N-dealkylation sites (tertiary alicyclic amines) is 1. The Hall–Kier alpha value is -1.94. The Morgan fingerprint density at radius 3 is 2.79 bits per heavy atom. The van der Waals surface area contributed by atoms with Gasteiger partial charge in [-0.15, -0.1) is 0 Å². The van der Waals surface area contributed by atoms with Gasteiger partial charge < -0.3 is 9.47 Å². The maximum Gasteiger partial charge on any atom is 0.144 e. The fourth-order valence-corrected chi connectivity index (χ4v) is 5.21. The summed E-state index contributed by atoms with van der Waals surface area (Å²) in [5.74, 6) is 0.613. The summed E-state index contributed by atoms with van der Waals surface area (Å²) < 4.78 is 2.24. The van der Waals surface area contributed by atoms with Crippen molar-refractivity contribution in [1.29, 1.82) is 0 Å². The zero-order valence-corrected chi connectivity index (χ0v) is 14.1. The summed E-state index contributed by atoms with van der Waals surface area (Å²) in [6.45, 7) is 2.10. The van der Waals surface area contributed by atoms with Crippen molar-refractivity contribution in [2.45, 2.75) is 31.7 Å². The minimum absolute atomic E-state index is 0.0601. The summed E-state index contributed by atoms with van der Waals surface area (Å²) in [4.78, 5) is 20.2. The van der Waals surface area contributed by atoms with Gasteiger partial charge in [0, 0.05) is 16.9 Å². The lowest BCUT2D eigenvalue weighted by molar-refractivity contribution is -0.131. The molecule has 2 aromatic rings. The summed E-state index contributed by atoms with van der Waals surface area (Å²) in [5, 5.41) is 0. The number of carbonyl (C=O) groups excluding carboxylic acids is 1. The van der Waals surface area contributed by atoms with Gasteiger partial charge in [0.1, 0.15) is 5.78 Å². The number of piperidine rings is 1. The Kier molecular flexibility index (Phi) is 3.02. The second-order valence-corrected chi connectivity index (χ2v) is 7.81. The average molecular weight is 321 g/mol. The number of benzene rings is 1. The maximum absolute atomic E-state index is 13.5. The Morgan fingerprint density at radius 2 is 1.96 bits per heavy atom. The predicted octanol–water partition coefficient (Wildman–Crippen LogP) is 3.14. The molecule has 124 valence electrons. The number of carbonyl (C=O) groups is 1. The zero-order chi connectivity index (χ0) is 16.3. The van der Waals surface area contributed by atoms with E-state index < -0.39 is 0 Å². The van der Waals surface area contributed by atoms with E-state index in [4.69, 9.17) is 0 Å². The number of nitrogens with zero attached hydrogens (tertiary/aromatic N) is 3. The molecule has 3 aliphatic rings. The van der Waals surface area contributed by atoms with E-state index in [-0.39, 0.29) is 17.4 Å². The van der Waals surface area contributed by atoms with Crippen LogP contribution in [0.2, 0.25) is 0 Å². The van der Waals surface area contributed by atoms with Gasteiger partial charge in [0.25, 0.3) is 0 Å². The molecule has 2 fully saturated rings. The van der Waals surface area contributed by atoms with E-state index in [1.165, 1.54) is 11.1 Å². The number of rotatable bonds is 1. The quantitative estimate of drug-likeness (QED) is 0.810. The van der Waals surface area contributed by atoms with Crippen molar-refractivity contribution in [3.05, 3.63) is 42.4 Å². The molecule has 1 saturated heterocycles. The van der Waals surface area contributed by atoms with Crippen LogP contribution in [0.25, 0.3) is 11.3 Å². The van der Waals surface area contributed by atoms with Crippen LogP contribution in [-0.2, 0) is 4.79 Å². The summed E-state index contributed by atoms with van der Waals surface area (Å²) in [5.41, 5.74) is 3.65. The highest BCUT2D eigenvalue weighted by Gasteiger charge is 2.52. The van der Waals surface area contributed by atoms with E-state index in [9.17, 15) is 4.79 Å². The molecule has 0 bridgehead atoms. The minimum Gasteiger partial charge on any atom is -0.322 e. The highest BCUT2D eigenvalue weighted by molar-refractivity contribution is 5.91. The van der Waals surface area contributed by atoms with Crippen molar-refractivity contribution in [1.82, 2.24) is 14.5 Å². The Balaban J connectivity index is 1.53. The fraction of sp³-hybridized carbons (Fsp3) is 0.500. The molecule has 4 nitrogen and oxygen atoms in total. The first kappa shape index (κ1) is 14.4. The van der Waals surface area contributed by atoms with Crippen LogP contribution in [0, 0.1) is 11.3 Å². The molecular weight excluding hydrogens is 298 g/mol. The first-order valence-electron chi connectivity index (χ1n) is 9.04. The van der Waals surface area contributed by atoms with E-state index in [1.54, 1.807) is 0 Å². The largest absolute Gasteiger partial charge is 0.322 e. The molecule has 1 aromatic heterocycles. The first-order chi connectivity index (χ1) is 11.7. The smallest absolute Gasteiger partial charge is 0.144 e. The SMILES string of the molecule is CN1CCC2(CCC(C3c4ccccc4-c4cncn43)C2=O)CC1. The lowest BCUT2D eigenvalue weighted by Gasteiger charge is -2.37. The van der Waals surface area contributed by atoms with Crippen molar-refractivity contribution in [3.63, 3.8) is 0 Å². The Bertz CT molecular complexity index is 801. The average Bonchev–Trinajstić information content (AvgIpc) is 3.26. The van der Waals surface area contributed by atoms with Crippen molar-refractivity contribution >= 4 is 5.78 Å². The molecule has 2 aliphatic heterocycles. The van der Waals surface area contributed by atoms with Crippen LogP contribution in [0.15, 0.2) is 36.8 Å². The van der Waals surface area contributed by atoms with Crippen LogP contribution >= 0.6 is 0 Å². The molecule has 0 amide bonds. The van der Waals surface area contributed by atoms with Gasteiger partial charge in [-0.2, -0.15) is 0 Å². The van der Waals surface area contributed by atoms with Crippen molar-refractivity contribution in [3.8, 4) is 11.3 Å². The van der Waals surface area contributed by atoms with Gasteiger partial charge in [-0.3, -0.25) is 4.79 Å². The highest BCUT2D eigenvalue weighted by atomic mass is 16.1. The first-order valence-corrected chi connectivity index (χ1v) is 9.04. The van der Waals surface area contributed by atoms with E-state index in [0.717, 1.165) is 44.5 Å². The molecule has 1 saturated carbocycles. The third-order valence-electron chi connectivity index (χ3n) is 6.64. The molecule has 1 spiro atoms. The van der Waals surface area contributed by atoms with Crippen molar-refractivity contribution in [2.75, 3.05) is 20.1 Å². The van der Waals surface area contributed by atoms with Gasteiger partial charge in [-0.1, -0.05) is 24.3 Å². The molecular formula is C20H23N3O. The third kappa shape index (κ3) is 1.83. The molecule has 4 heteroatoms. The highest BCUT2D eigenvalue weighted by Crippen LogP contribution is 2.53. The van der Waals surface area contributed by atoms with Crippen LogP contribution in [0.3, 0.4) is 0 Å². The molecule has 1 aromatic carbocycles. The van der Waals surface area contributed by atoms with Crippen LogP contribution in [0.1, 0.15) is 37.3 Å². The standard InChI is InChI=1S/C20H23N3O/c1-22-10-8-20(9-11-22)7-6-16(19(20)24)18-15-5-3-2-4-14(15)17-12-21-13-23(17)18/h2-5,12-13,16,18H,6-11H2,1H3. The topological polar surface area (TPSA) is 38.1 Å². The van der Waals surface area contributed by atoms with Crippen molar-refractivity contribution < 1.29 is 4.79 Å².